The Balaban J connectivity index is 1.54. The summed E-state index contributed by atoms with van der Waals surface area (Å²) in [5, 5.41) is 7.00. The molecular formula is C12H20N2O. The minimum atomic E-state index is 0.676. The molecule has 3 nitrogen and oxygen atoms in total. The van der Waals surface area contributed by atoms with Gasteiger partial charge in [-0.2, -0.15) is 0 Å². The van der Waals surface area contributed by atoms with Gasteiger partial charge in [-0.25, -0.2) is 0 Å². The average molecular weight is 208 g/mol. The van der Waals surface area contributed by atoms with Gasteiger partial charge in [0.1, 0.15) is 5.76 Å². The Bertz CT molecular complexity index is 253. The lowest BCUT2D eigenvalue weighted by atomic mass is 10.1. The van der Waals surface area contributed by atoms with Crippen LogP contribution in [0, 0.1) is 0 Å². The minimum absolute atomic E-state index is 0.676. The van der Waals surface area contributed by atoms with Crippen molar-refractivity contribution in [3.05, 3.63) is 24.2 Å². The minimum Gasteiger partial charge on any atom is -0.469 e. The Kier molecular flexibility index (Phi) is 4.23. The molecule has 0 spiro atoms. The lowest BCUT2D eigenvalue weighted by molar-refractivity contribution is 0.382. The van der Waals surface area contributed by atoms with Gasteiger partial charge in [-0.05, 0) is 31.5 Å². The third-order valence-corrected chi connectivity index (χ3v) is 2.93. The van der Waals surface area contributed by atoms with Crippen LogP contribution in [-0.4, -0.2) is 25.7 Å². The van der Waals surface area contributed by atoms with E-state index in [1.54, 1.807) is 6.26 Å². The van der Waals surface area contributed by atoms with Crippen molar-refractivity contribution in [2.45, 2.75) is 31.7 Å². The number of nitrogens with one attached hydrogen (secondary N) is 2. The van der Waals surface area contributed by atoms with Crippen LogP contribution in [0.3, 0.4) is 0 Å². The molecule has 1 aromatic rings. The van der Waals surface area contributed by atoms with Gasteiger partial charge in [0.25, 0.3) is 0 Å². The number of piperidine rings is 1. The normalized spacial score (nSPS) is 21.7. The van der Waals surface area contributed by atoms with Gasteiger partial charge in [-0.1, -0.05) is 6.42 Å². The van der Waals surface area contributed by atoms with E-state index in [2.05, 4.69) is 10.6 Å². The molecule has 1 unspecified atom stereocenters. The highest BCUT2D eigenvalue weighted by Gasteiger charge is 2.11. The maximum atomic E-state index is 5.27. The number of hydrogen-bond donors (Lipinski definition) is 2. The molecule has 1 aromatic heterocycles. The van der Waals surface area contributed by atoms with E-state index in [0.29, 0.717) is 6.04 Å². The van der Waals surface area contributed by atoms with Crippen molar-refractivity contribution in [1.29, 1.82) is 0 Å². The van der Waals surface area contributed by atoms with Gasteiger partial charge < -0.3 is 15.1 Å². The van der Waals surface area contributed by atoms with E-state index in [0.717, 1.165) is 25.3 Å². The van der Waals surface area contributed by atoms with Crippen molar-refractivity contribution in [1.82, 2.24) is 10.6 Å². The topological polar surface area (TPSA) is 37.2 Å². The van der Waals surface area contributed by atoms with Crippen LogP contribution in [0.25, 0.3) is 0 Å². The highest BCUT2D eigenvalue weighted by atomic mass is 16.3. The molecule has 1 fully saturated rings. The molecule has 0 aliphatic carbocycles. The van der Waals surface area contributed by atoms with Gasteiger partial charge in [0.15, 0.2) is 0 Å². The molecule has 0 amide bonds. The van der Waals surface area contributed by atoms with Crippen LogP contribution in [0.5, 0.6) is 0 Å². The van der Waals surface area contributed by atoms with Crippen LogP contribution < -0.4 is 10.6 Å². The van der Waals surface area contributed by atoms with E-state index < -0.39 is 0 Å². The van der Waals surface area contributed by atoms with Gasteiger partial charge in [-0.3, -0.25) is 0 Å². The first-order chi connectivity index (χ1) is 7.45. The molecule has 0 saturated carbocycles. The van der Waals surface area contributed by atoms with E-state index in [1.165, 1.54) is 25.8 Å². The summed E-state index contributed by atoms with van der Waals surface area (Å²) in [4.78, 5) is 0. The second-order valence-electron chi connectivity index (χ2n) is 4.18. The van der Waals surface area contributed by atoms with Crippen LogP contribution in [0.15, 0.2) is 22.8 Å². The van der Waals surface area contributed by atoms with Crippen molar-refractivity contribution in [2.75, 3.05) is 19.6 Å². The molecule has 2 heterocycles. The molecule has 1 atom stereocenters. The average Bonchev–Trinajstić information content (AvgIpc) is 2.79. The van der Waals surface area contributed by atoms with Gasteiger partial charge in [-0.15, -0.1) is 0 Å². The lowest BCUT2D eigenvalue weighted by Gasteiger charge is -2.23. The summed E-state index contributed by atoms with van der Waals surface area (Å²) >= 11 is 0. The first-order valence-electron chi connectivity index (χ1n) is 5.91. The Morgan fingerprint density at radius 2 is 2.47 bits per heavy atom. The summed E-state index contributed by atoms with van der Waals surface area (Å²) in [5.41, 5.74) is 0. The fourth-order valence-corrected chi connectivity index (χ4v) is 2.04. The summed E-state index contributed by atoms with van der Waals surface area (Å²) < 4.78 is 5.27. The second kappa shape index (κ2) is 5.93. The summed E-state index contributed by atoms with van der Waals surface area (Å²) in [5.74, 6) is 1.07. The molecular weight excluding hydrogens is 188 g/mol. The van der Waals surface area contributed by atoms with E-state index in [4.69, 9.17) is 4.42 Å². The molecule has 0 radical (unpaired) electrons. The molecule has 3 heteroatoms. The van der Waals surface area contributed by atoms with Crippen molar-refractivity contribution in [3.8, 4) is 0 Å². The first kappa shape index (κ1) is 10.7. The fraction of sp³-hybridized carbons (Fsp3) is 0.667. The Hall–Kier alpha value is -0.800. The van der Waals surface area contributed by atoms with E-state index in [1.807, 2.05) is 12.1 Å². The zero-order valence-corrected chi connectivity index (χ0v) is 9.17. The quantitative estimate of drug-likeness (QED) is 0.721. The zero-order valence-electron chi connectivity index (χ0n) is 9.17. The van der Waals surface area contributed by atoms with Gasteiger partial charge in [0, 0.05) is 25.6 Å². The summed E-state index contributed by atoms with van der Waals surface area (Å²) in [7, 11) is 0. The maximum Gasteiger partial charge on any atom is 0.105 e. The first-order valence-corrected chi connectivity index (χ1v) is 5.91. The second-order valence-corrected chi connectivity index (χ2v) is 4.18. The standard InChI is InChI=1S/C12H20N2O/c1-2-7-14-11(4-1)10-13-8-6-12-5-3-9-15-12/h3,5,9,11,13-14H,1-2,4,6-8,10H2. The highest BCUT2D eigenvalue weighted by Crippen LogP contribution is 2.05. The van der Waals surface area contributed by atoms with Gasteiger partial charge in [0.2, 0.25) is 0 Å². The Morgan fingerprint density at radius 3 is 3.20 bits per heavy atom. The smallest absolute Gasteiger partial charge is 0.105 e. The molecule has 2 N–H and O–H groups in total. The van der Waals surface area contributed by atoms with Crippen LogP contribution in [0.2, 0.25) is 0 Å². The Morgan fingerprint density at radius 1 is 1.47 bits per heavy atom. The molecule has 0 aromatic carbocycles. The summed E-state index contributed by atoms with van der Waals surface area (Å²) in [6.07, 6.45) is 6.74. The SMILES string of the molecule is c1coc(CCNCC2CCCCN2)c1. The van der Waals surface area contributed by atoms with Crippen molar-refractivity contribution < 1.29 is 4.42 Å². The summed E-state index contributed by atoms with van der Waals surface area (Å²) in [6.45, 7) is 3.27. The predicted octanol–water partition coefficient (Wildman–Crippen LogP) is 1.55. The lowest BCUT2D eigenvalue weighted by Crippen LogP contribution is -2.42. The predicted molar refractivity (Wildman–Crippen MR) is 60.9 cm³/mol. The molecule has 0 bridgehead atoms. The summed E-state index contributed by atoms with van der Waals surface area (Å²) in [6, 6.07) is 4.65. The van der Waals surface area contributed by atoms with Gasteiger partial charge >= 0.3 is 0 Å². The largest absolute Gasteiger partial charge is 0.469 e. The molecule has 1 aliphatic rings. The molecule has 1 saturated heterocycles. The number of furan rings is 1. The third kappa shape index (κ3) is 3.68. The third-order valence-electron chi connectivity index (χ3n) is 2.93. The van der Waals surface area contributed by atoms with E-state index in [-0.39, 0.29) is 0 Å². The highest BCUT2D eigenvalue weighted by molar-refractivity contribution is 4.98. The monoisotopic (exact) mass is 208 g/mol. The maximum absolute atomic E-state index is 5.27. The molecule has 15 heavy (non-hydrogen) atoms. The van der Waals surface area contributed by atoms with E-state index in [9.17, 15) is 0 Å². The molecule has 2 rings (SSSR count). The van der Waals surface area contributed by atoms with Crippen molar-refractivity contribution in [2.24, 2.45) is 0 Å². The van der Waals surface area contributed by atoms with Crippen LogP contribution >= 0.6 is 0 Å². The van der Waals surface area contributed by atoms with Crippen LogP contribution in [0.4, 0.5) is 0 Å². The fourth-order valence-electron chi connectivity index (χ4n) is 2.04. The number of rotatable bonds is 5. The van der Waals surface area contributed by atoms with Crippen molar-refractivity contribution in [3.63, 3.8) is 0 Å². The number of hydrogen-bond acceptors (Lipinski definition) is 3. The zero-order chi connectivity index (χ0) is 10.3. The molecule has 1 aliphatic heterocycles. The van der Waals surface area contributed by atoms with E-state index >= 15 is 0 Å². The van der Waals surface area contributed by atoms with Gasteiger partial charge in [0.05, 0.1) is 6.26 Å². The Labute approximate surface area is 91.2 Å². The molecule has 84 valence electrons. The van der Waals surface area contributed by atoms with Crippen LogP contribution in [-0.2, 0) is 6.42 Å². The van der Waals surface area contributed by atoms with Crippen LogP contribution in [0.1, 0.15) is 25.0 Å². The van der Waals surface area contributed by atoms with Crippen molar-refractivity contribution >= 4 is 0 Å².